The molecule has 0 fully saturated rings. The third kappa shape index (κ3) is 5.50. The summed E-state index contributed by atoms with van der Waals surface area (Å²) in [5.41, 5.74) is 0. The van der Waals surface area contributed by atoms with Gasteiger partial charge in [-0.1, -0.05) is 25.6 Å². The quantitative estimate of drug-likeness (QED) is 0.547. The Hall–Kier alpha value is -1.08. The summed E-state index contributed by atoms with van der Waals surface area (Å²) < 4.78 is 5.05. The van der Waals surface area contributed by atoms with E-state index in [0.717, 1.165) is 10.9 Å². The van der Waals surface area contributed by atoms with Gasteiger partial charge in [-0.2, -0.15) is 5.10 Å². The van der Waals surface area contributed by atoms with Crippen molar-refractivity contribution in [2.24, 2.45) is 0 Å². The molecule has 0 aliphatic heterocycles. The maximum Gasteiger partial charge on any atom is 0.323 e. The number of nitrogens with zero attached hydrogens (tertiary/aromatic N) is 2. The molecule has 102 valence electrons. The number of rotatable bonds is 8. The molecule has 1 aromatic heterocycles. The minimum atomic E-state index is -0.264. The molecule has 0 aliphatic carbocycles. The van der Waals surface area contributed by atoms with Crippen molar-refractivity contribution in [1.29, 1.82) is 0 Å². The van der Waals surface area contributed by atoms with Crippen LogP contribution in [0.3, 0.4) is 0 Å². The van der Waals surface area contributed by atoms with Gasteiger partial charge in [-0.25, -0.2) is 4.98 Å². The summed E-state index contributed by atoms with van der Waals surface area (Å²) in [6.07, 6.45) is 2.17. The van der Waals surface area contributed by atoms with Crippen LogP contribution < -0.4 is 5.32 Å². The van der Waals surface area contributed by atoms with E-state index in [1.54, 1.807) is 11.8 Å². The van der Waals surface area contributed by atoms with Crippen molar-refractivity contribution < 1.29 is 9.53 Å². The van der Waals surface area contributed by atoms with Crippen molar-refractivity contribution in [1.82, 2.24) is 20.5 Å². The molecule has 0 spiro atoms. The standard InChI is InChI=1S/C11H20N4O2S/c1-4-17-10(16)9(14-8(2)3)5-6-18-11-12-7-13-15-11/h7-9,14H,4-6H2,1-3H3,(H,12,13,15). The number of hydrogen-bond donors (Lipinski definition) is 2. The second-order valence-corrected chi connectivity index (χ2v) is 5.14. The van der Waals surface area contributed by atoms with Crippen LogP contribution in [0.25, 0.3) is 0 Å². The van der Waals surface area contributed by atoms with Gasteiger partial charge in [-0.15, -0.1) is 0 Å². The van der Waals surface area contributed by atoms with E-state index in [-0.39, 0.29) is 18.1 Å². The van der Waals surface area contributed by atoms with Gasteiger partial charge in [0.05, 0.1) is 6.61 Å². The summed E-state index contributed by atoms with van der Waals surface area (Å²) in [5, 5.41) is 10.5. The molecule has 0 aromatic carbocycles. The molecule has 0 bridgehead atoms. The van der Waals surface area contributed by atoms with Crippen LogP contribution in [0.2, 0.25) is 0 Å². The molecular formula is C11H20N4O2S. The van der Waals surface area contributed by atoms with Crippen LogP contribution >= 0.6 is 11.8 Å². The maximum absolute atomic E-state index is 11.7. The van der Waals surface area contributed by atoms with Gasteiger partial charge < -0.3 is 10.1 Å². The zero-order valence-corrected chi connectivity index (χ0v) is 11.8. The molecule has 0 amide bonds. The molecule has 6 nitrogen and oxygen atoms in total. The Kier molecular flexibility index (Phi) is 6.74. The first-order valence-corrected chi connectivity index (χ1v) is 7.03. The number of H-pyrrole nitrogens is 1. The number of aromatic nitrogens is 3. The predicted octanol–water partition coefficient (Wildman–Crippen LogP) is 1.22. The number of nitrogens with one attached hydrogen (secondary N) is 2. The summed E-state index contributed by atoms with van der Waals surface area (Å²) >= 11 is 1.54. The Morgan fingerprint density at radius 2 is 2.39 bits per heavy atom. The minimum Gasteiger partial charge on any atom is -0.465 e. The van der Waals surface area contributed by atoms with Crippen LogP contribution in [0, 0.1) is 0 Å². The molecule has 1 atom stereocenters. The van der Waals surface area contributed by atoms with Crippen molar-refractivity contribution >= 4 is 17.7 Å². The van der Waals surface area contributed by atoms with Gasteiger partial charge in [0, 0.05) is 11.8 Å². The molecule has 18 heavy (non-hydrogen) atoms. The first-order chi connectivity index (χ1) is 8.63. The van der Waals surface area contributed by atoms with Crippen LogP contribution in [0.1, 0.15) is 27.2 Å². The lowest BCUT2D eigenvalue weighted by Gasteiger charge is -2.19. The second-order valence-electron chi connectivity index (χ2n) is 4.05. The summed E-state index contributed by atoms with van der Waals surface area (Å²) in [4.78, 5) is 15.8. The van der Waals surface area contributed by atoms with E-state index in [2.05, 4.69) is 20.5 Å². The largest absolute Gasteiger partial charge is 0.465 e. The number of carbonyl (C=O) groups is 1. The molecule has 1 aromatic rings. The molecular weight excluding hydrogens is 252 g/mol. The van der Waals surface area contributed by atoms with E-state index in [4.69, 9.17) is 4.74 Å². The minimum absolute atomic E-state index is 0.190. The topological polar surface area (TPSA) is 79.9 Å². The zero-order valence-electron chi connectivity index (χ0n) is 11.0. The van der Waals surface area contributed by atoms with E-state index in [0.29, 0.717) is 13.0 Å². The zero-order chi connectivity index (χ0) is 13.4. The van der Waals surface area contributed by atoms with Crippen molar-refractivity contribution in [2.45, 2.75) is 44.4 Å². The highest BCUT2D eigenvalue weighted by molar-refractivity contribution is 7.99. The number of esters is 1. The first-order valence-electron chi connectivity index (χ1n) is 6.04. The fraction of sp³-hybridized carbons (Fsp3) is 0.727. The van der Waals surface area contributed by atoms with Crippen LogP contribution in [0.4, 0.5) is 0 Å². The fourth-order valence-corrected chi connectivity index (χ4v) is 2.24. The Morgan fingerprint density at radius 1 is 1.61 bits per heavy atom. The summed E-state index contributed by atoms with van der Waals surface area (Å²) in [6, 6.07) is -0.0185. The Balaban J connectivity index is 2.37. The van der Waals surface area contributed by atoms with E-state index in [9.17, 15) is 4.79 Å². The lowest BCUT2D eigenvalue weighted by molar-refractivity contribution is -0.145. The Morgan fingerprint density at radius 3 is 2.94 bits per heavy atom. The molecule has 7 heteroatoms. The maximum atomic E-state index is 11.7. The van der Waals surface area contributed by atoms with Gasteiger partial charge in [0.2, 0.25) is 0 Å². The number of aromatic amines is 1. The monoisotopic (exact) mass is 272 g/mol. The average Bonchev–Trinajstić information content (AvgIpc) is 2.80. The van der Waals surface area contributed by atoms with Gasteiger partial charge in [-0.3, -0.25) is 9.89 Å². The molecule has 1 unspecified atom stereocenters. The van der Waals surface area contributed by atoms with Crippen LogP contribution in [-0.2, 0) is 9.53 Å². The number of thioether (sulfide) groups is 1. The number of ether oxygens (including phenoxy) is 1. The normalized spacial score (nSPS) is 12.7. The number of hydrogen-bond acceptors (Lipinski definition) is 6. The molecule has 2 N–H and O–H groups in total. The van der Waals surface area contributed by atoms with Crippen molar-refractivity contribution in [3.8, 4) is 0 Å². The summed E-state index contributed by atoms with van der Waals surface area (Å²) in [6.45, 7) is 6.24. The van der Waals surface area contributed by atoms with Crippen LogP contribution in [0.5, 0.6) is 0 Å². The van der Waals surface area contributed by atoms with Gasteiger partial charge in [0.1, 0.15) is 12.4 Å². The molecule has 1 rings (SSSR count). The highest BCUT2D eigenvalue weighted by atomic mass is 32.2. The molecule has 0 saturated heterocycles. The SMILES string of the molecule is CCOC(=O)C(CCSc1ncn[nH]1)NC(C)C. The number of carbonyl (C=O) groups excluding carboxylic acids is 1. The van der Waals surface area contributed by atoms with E-state index in [1.807, 2.05) is 20.8 Å². The lowest BCUT2D eigenvalue weighted by Crippen LogP contribution is -2.42. The average molecular weight is 272 g/mol. The van der Waals surface area contributed by atoms with Crippen LogP contribution in [0.15, 0.2) is 11.5 Å². The van der Waals surface area contributed by atoms with E-state index in [1.165, 1.54) is 6.33 Å². The van der Waals surface area contributed by atoms with Gasteiger partial charge in [0.25, 0.3) is 0 Å². The van der Waals surface area contributed by atoms with Crippen LogP contribution in [-0.4, -0.2) is 45.6 Å². The third-order valence-corrected chi connectivity index (χ3v) is 3.05. The van der Waals surface area contributed by atoms with Crippen molar-refractivity contribution in [3.05, 3.63) is 6.33 Å². The summed E-state index contributed by atoms with van der Waals surface area (Å²) in [7, 11) is 0. The first kappa shape index (κ1) is 15.0. The third-order valence-electron chi connectivity index (χ3n) is 2.14. The predicted molar refractivity (Wildman–Crippen MR) is 70.4 cm³/mol. The van der Waals surface area contributed by atoms with Gasteiger partial charge in [-0.05, 0) is 13.3 Å². The fourth-order valence-electron chi connectivity index (χ4n) is 1.45. The van der Waals surface area contributed by atoms with Crippen molar-refractivity contribution in [2.75, 3.05) is 12.4 Å². The Labute approximate surface area is 111 Å². The molecule has 1 heterocycles. The molecule has 0 saturated carbocycles. The van der Waals surface area contributed by atoms with Gasteiger partial charge >= 0.3 is 5.97 Å². The lowest BCUT2D eigenvalue weighted by atomic mass is 10.2. The molecule has 0 aliphatic rings. The van der Waals surface area contributed by atoms with E-state index < -0.39 is 0 Å². The smallest absolute Gasteiger partial charge is 0.323 e. The van der Waals surface area contributed by atoms with E-state index >= 15 is 0 Å². The highest BCUT2D eigenvalue weighted by Crippen LogP contribution is 2.13. The second kappa shape index (κ2) is 8.10. The van der Waals surface area contributed by atoms with Gasteiger partial charge in [0.15, 0.2) is 5.16 Å². The molecule has 0 radical (unpaired) electrons. The highest BCUT2D eigenvalue weighted by Gasteiger charge is 2.20. The van der Waals surface area contributed by atoms with Crippen molar-refractivity contribution in [3.63, 3.8) is 0 Å². The summed E-state index contributed by atoms with van der Waals surface area (Å²) in [5.74, 6) is 0.586. The Bertz CT molecular complexity index is 343.